The van der Waals surface area contributed by atoms with Gasteiger partial charge in [-0.2, -0.15) is 0 Å². The van der Waals surface area contributed by atoms with Crippen molar-refractivity contribution in [1.82, 2.24) is 20.2 Å². The molecule has 0 fully saturated rings. The maximum atomic E-state index is 4.07. The summed E-state index contributed by atoms with van der Waals surface area (Å²) in [5.41, 5.74) is 2.33. The number of hydrogen-bond acceptors (Lipinski definition) is 3. The van der Waals surface area contributed by atoms with Crippen LogP contribution in [0.4, 0.5) is 0 Å². The molecule has 0 aliphatic rings. The number of nitrogens with zero attached hydrogens (tertiary/aromatic N) is 4. The Morgan fingerprint density at radius 3 is 2.72 bits per heavy atom. The highest BCUT2D eigenvalue weighted by atomic mass is 15.5. The second kappa shape index (κ2) is 6.10. The summed E-state index contributed by atoms with van der Waals surface area (Å²) in [4.78, 5) is 0. The molecule has 0 saturated carbocycles. The molecule has 0 bridgehead atoms. The predicted molar refractivity (Wildman–Crippen MR) is 72.1 cm³/mol. The molecule has 94 valence electrons. The lowest BCUT2D eigenvalue weighted by Gasteiger charge is -2.04. The fraction of sp³-hybridized carbons (Fsp3) is 0.357. The molecule has 0 N–H and O–H groups in total. The third-order valence-electron chi connectivity index (χ3n) is 2.91. The standard InChI is InChI=1S/C14H18N4/c1-3-5-6-14-15-16-17-18(14)11-13-9-7-12(4-2)8-10-13/h4,7-10H,2-3,5-6,11H2,1H3. The van der Waals surface area contributed by atoms with Crippen molar-refractivity contribution >= 4 is 6.08 Å². The van der Waals surface area contributed by atoms with E-state index in [-0.39, 0.29) is 0 Å². The second-order valence-electron chi connectivity index (χ2n) is 4.30. The summed E-state index contributed by atoms with van der Waals surface area (Å²) in [5.74, 6) is 0.963. The van der Waals surface area contributed by atoms with Gasteiger partial charge in [0.2, 0.25) is 0 Å². The van der Waals surface area contributed by atoms with Gasteiger partial charge in [-0.05, 0) is 28.0 Å². The smallest absolute Gasteiger partial charge is 0.151 e. The second-order valence-corrected chi connectivity index (χ2v) is 4.30. The number of unbranched alkanes of at least 4 members (excludes halogenated alkanes) is 1. The molecule has 1 aromatic heterocycles. The van der Waals surface area contributed by atoms with Crippen LogP contribution in [-0.4, -0.2) is 20.2 Å². The molecule has 0 unspecified atom stereocenters. The van der Waals surface area contributed by atoms with E-state index in [4.69, 9.17) is 0 Å². The molecule has 0 atom stereocenters. The summed E-state index contributed by atoms with van der Waals surface area (Å²) < 4.78 is 1.87. The van der Waals surface area contributed by atoms with Gasteiger partial charge >= 0.3 is 0 Å². The molecule has 0 amide bonds. The first-order chi connectivity index (χ1) is 8.83. The molecule has 0 spiro atoms. The summed E-state index contributed by atoms with van der Waals surface area (Å²) in [6.07, 6.45) is 5.05. The number of aryl methyl sites for hydroxylation is 1. The van der Waals surface area contributed by atoms with Gasteiger partial charge in [0, 0.05) is 6.42 Å². The van der Waals surface area contributed by atoms with Gasteiger partial charge in [-0.1, -0.05) is 50.3 Å². The summed E-state index contributed by atoms with van der Waals surface area (Å²) in [7, 11) is 0. The summed E-state index contributed by atoms with van der Waals surface area (Å²) in [5, 5.41) is 11.9. The van der Waals surface area contributed by atoms with Crippen molar-refractivity contribution in [2.24, 2.45) is 0 Å². The van der Waals surface area contributed by atoms with Crippen LogP contribution < -0.4 is 0 Å². The van der Waals surface area contributed by atoms with Crippen LogP contribution in [0.5, 0.6) is 0 Å². The third kappa shape index (κ3) is 3.03. The van der Waals surface area contributed by atoms with Gasteiger partial charge in [-0.25, -0.2) is 4.68 Å². The van der Waals surface area contributed by atoms with E-state index in [0.29, 0.717) is 0 Å². The largest absolute Gasteiger partial charge is 0.225 e. The fourth-order valence-corrected chi connectivity index (χ4v) is 1.79. The van der Waals surface area contributed by atoms with E-state index in [0.717, 1.165) is 37.2 Å². The molecule has 18 heavy (non-hydrogen) atoms. The molecular weight excluding hydrogens is 224 g/mol. The Kier molecular flexibility index (Phi) is 4.23. The van der Waals surface area contributed by atoms with Crippen LogP contribution >= 0.6 is 0 Å². The van der Waals surface area contributed by atoms with Gasteiger partial charge in [-0.3, -0.25) is 0 Å². The Labute approximate surface area is 107 Å². The lowest BCUT2D eigenvalue weighted by Crippen LogP contribution is -2.07. The van der Waals surface area contributed by atoms with Crippen molar-refractivity contribution in [3.8, 4) is 0 Å². The van der Waals surface area contributed by atoms with Crippen molar-refractivity contribution < 1.29 is 0 Å². The molecule has 2 rings (SSSR count). The molecule has 4 nitrogen and oxygen atoms in total. The van der Waals surface area contributed by atoms with Crippen molar-refractivity contribution in [3.05, 3.63) is 47.8 Å². The van der Waals surface area contributed by atoms with Crippen molar-refractivity contribution in [1.29, 1.82) is 0 Å². The van der Waals surface area contributed by atoms with Gasteiger partial charge in [0.25, 0.3) is 0 Å². The SMILES string of the molecule is C=Cc1ccc(Cn2nnnc2CCCC)cc1. The molecule has 0 aliphatic carbocycles. The van der Waals surface area contributed by atoms with Crippen LogP contribution in [0.15, 0.2) is 30.8 Å². The lowest BCUT2D eigenvalue weighted by atomic mass is 10.1. The van der Waals surface area contributed by atoms with Crippen LogP contribution in [0.1, 0.15) is 36.7 Å². The van der Waals surface area contributed by atoms with Gasteiger partial charge in [-0.15, -0.1) is 5.10 Å². The zero-order chi connectivity index (χ0) is 12.8. The van der Waals surface area contributed by atoms with Gasteiger partial charge in [0.05, 0.1) is 6.54 Å². The molecule has 2 aromatic rings. The minimum absolute atomic E-state index is 0.726. The van der Waals surface area contributed by atoms with Crippen LogP contribution in [0.25, 0.3) is 6.08 Å². The van der Waals surface area contributed by atoms with Crippen LogP contribution in [0, 0.1) is 0 Å². The quantitative estimate of drug-likeness (QED) is 0.782. The maximum absolute atomic E-state index is 4.07. The first-order valence-corrected chi connectivity index (χ1v) is 6.30. The molecule has 1 aromatic carbocycles. The number of tetrazole rings is 1. The molecule has 4 heteroatoms. The third-order valence-corrected chi connectivity index (χ3v) is 2.91. The monoisotopic (exact) mass is 242 g/mol. The summed E-state index contributed by atoms with van der Waals surface area (Å²) in [6, 6.07) is 8.28. The average Bonchev–Trinajstić information content (AvgIpc) is 2.84. The molecule has 0 saturated heterocycles. The number of benzene rings is 1. The number of rotatable bonds is 6. The van der Waals surface area contributed by atoms with Crippen LogP contribution in [0.3, 0.4) is 0 Å². The van der Waals surface area contributed by atoms with E-state index in [9.17, 15) is 0 Å². The summed E-state index contributed by atoms with van der Waals surface area (Å²) in [6.45, 7) is 6.64. The fourth-order valence-electron chi connectivity index (χ4n) is 1.79. The average molecular weight is 242 g/mol. The highest BCUT2D eigenvalue weighted by Gasteiger charge is 2.05. The Morgan fingerprint density at radius 1 is 1.28 bits per heavy atom. The number of hydrogen-bond donors (Lipinski definition) is 0. The Bertz CT molecular complexity index is 499. The first-order valence-electron chi connectivity index (χ1n) is 6.30. The van der Waals surface area contributed by atoms with E-state index in [2.05, 4.69) is 53.3 Å². The Morgan fingerprint density at radius 2 is 2.06 bits per heavy atom. The minimum atomic E-state index is 0.726. The van der Waals surface area contributed by atoms with Gasteiger partial charge in [0.1, 0.15) is 0 Å². The lowest BCUT2D eigenvalue weighted by molar-refractivity contribution is 0.605. The maximum Gasteiger partial charge on any atom is 0.151 e. The topological polar surface area (TPSA) is 43.6 Å². The highest BCUT2D eigenvalue weighted by Crippen LogP contribution is 2.08. The van der Waals surface area contributed by atoms with Gasteiger partial charge < -0.3 is 0 Å². The van der Waals surface area contributed by atoms with E-state index in [1.807, 2.05) is 10.8 Å². The molecular formula is C14H18N4. The molecule has 1 heterocycles. The highest BCUT2D eigenvalue weighted by molar-refractivity contribution is 5.47. The van der Waals surface area contributed by atoms with Crippen molar-refractivity contribution in [3.63, 3.8) is 0 Å². The Balaban J connectivity index is 2.07. The van der Waals surface area contributed by atoms with Crippen molar-refractivity contribution in [2.45, 2.75) is 32.7 Å². The van der Waals surface area contributed by atoms with Crippen LogP contribution in [0.2, 0.25) is 0 Å². The minimum Gasteiger partial charge on any atom is -0.225 e. The molecule has 0 aliphatic heterocycles. The van der Waals surface area contributed by atoms with E-state index in [1.165, 1.54) is 5.56 Å². The van der Waals surface area contributed by atoms with E-state index in [1.54, 1.807) is 0 Å². The predicted octanol–water partition coefficient (Wildman–Crippen LogP) is 2.71. The Hall–Kier alpha value is -1.97. The van der Waals surface area contributed by atoms with Crippen LogP contribution in [-0.2, 0) is 13.0 Å². The van der Waals surface area contributed by atoms with E-state index >= 15 is 0 Å². The first kappa shape index (κ1) is 12.5. The normalized spacial score (nSPS) is 10.5. The zero-order valence-corrected chi connectivity index (χ0v) is 10.7. The van der Waals surface area contributed by atoms with E-state index < -0.39 is 0 Å². The zero-order valence-electron chi connectivity index (χ0n) is 10.7. The van der Waals surface area contributed by atoms with Gasteiger partial charge in [0.15, 0.2) is 5.82 Å². The van der Waals surface area contributed by atoms with Crippen molar-refractivity contribution in [2.75, 3.05) is 0 Å². The number of aromatic nitrogens is 4. The molecule has 0 radical (unpaired) electrons. The summed E-state index contributed by atoms with van der Waals surface area (Å²) >= 11 is 0.